The highest BCUT2D eigenvalue weighted by molar-refractivity contribution is 5.94. The Morgan fingerprint density at radius 3 is 2.23 bits per heavy atom. The Kier molecular flexibility index (Phi) is 7.53. The highest BCUT2D eigenvalue weighted by Crippen LogP contribution is 2.23. The van der Waals surface area contributed by atoms with Gasteiger partial charge in [0.05, 0.1) is 12.2 Å². The first-order valence-corrected chi connectivity index (χ1v) is 11.4. The van der Waals surface area contributed by atoms with Gasteiger partial charge in [0.15, 0.2) is 0 Å². The number of carbonyl (C=O) groups excluding carboxylic acids is 2. The normalized spacial score (nSPS) is 10.9. The Labute approximate surface area is 205 Å². The van der Waals surface area contributed by atoms with Gasteiger partial charge in [0, 0.05) is 49.6 Å². The van der Waals surface area contributed by atoms with Crippen molar-refractivity contribution in [2.45, 2.75) is 13.1 Å². The molecule has 1 heterocycles. The molecule has 0 spiro atoms. The second kappa shape index (κ2) is 11.1. The zero-order chi connectivity index (χ0) is 24.6. The number of likely N-dealkylation sites (N-methyl/N-ethyl adjacent to an activating group) is 1. The largest absolute Gasteiger partial charge is 0.355 e. The van der Waals surface area contributed by atoms with E-state index in [1.54, 1.807) is 37.2 Å². The third kappa shape index (κ3) is 6.12. The Balaban J connectivity index is 1.50. The number of nitrogens with zero attached hydrogens (tertiary/aromatic N) is 3. The summed E-state index contributed by atoms with van der Waals surface area (Å²) in [6, 6.07) is 27.4. The van der Waals surface area contributed by atoms with Crippen LogP contribution in [0.5, 0.6) is 0 Å². The highest BCUT2D eigenvalue weighted by atomic mass is 16.2. The van der Waals surface area contributed by atoms with Gasteiger partial charge in [-0.05, 0) is 29.3 Å². The fourth-order valence-corrected chi connectivity index (χ4v) is 3.78. The summed E-state index contributed by atoms with van der Waals surface area (Å²) < 4.78 is 1.90. The molecule has 6 nitrogen and oxygen atoms in total. The summed E-state index contributed by atoms with van der Waals surface area (Å²) in [4.78, 5) is 26.2. The summed E-state index contributed by atoms with van der Waals surface area (Å²) in [5, 5.41) is 7.41. The maximum absolute atomic E-state index is 12.8. The summed E-state index contributed by atoms with van der Waals surface area (Å²) in [5.41, 5.74) is 5.40. The predicted molar refractivity (Wildman–Crippen MR) is 139 cm³/mol. The van der Waals surface area contributed by atoms with E-state index in [0.717, 1.165) is 27.9 Å². The zero-order valence-electron chi connectivity index (χ0n) is 19.9. The van der Waals surface area contributed by atoms with Crippen LogP contribution in [0.15, 0.2) is 97.2 Å². The van der Waals surface area contributed by atoms with Gasteiger partial charge in [0.1, 0.15) is 0 Å². The molecule has 0 fully saturated rings. The van der Waals surface area contributed by atoms with Crippen LogP contribution >= 0.6 is 0 Å². The summed E-state index contributed by atoms with van der Waals surface area (Å²) in [6.45, 7) is 1.09. The van der Waals surface area contributed by atoms with E-state index in [2.05, 4.69) is 17.4 Å². The van der Waals surface area contributed by atoms with Crippen molar-refractivity contribution in [2.75, 3.05) is 14.1 Å². The lowest BCUT2D eigenvalue weighted by atomic mass is 10.1. The minimum atomic E-state index is -0.133. The second-order valence-electron chi connectivity index (χ2n) is 8.29. The maximum atomic E-state index is 12.8. The van der Waals surface area contributed by atoms with Crippen LogP contribution < -0.4 is 5.32 Å². The molecular weight excluding hydrogens is 436 g/mol. The van der Waals surface area contributed by atoms with E-state index in [0.29, 0.717) is 18.7 Å². The van der Waals surface area contributed by atoms with Crippen molar-refractivity contribution < 1.29 is 9.59 Å². The van der Waals surface area contributed by atoms with Gasteiger partial charge in [-0.2, -0.15) is 5.10 Å². The molecule has 0 saturated heterocycles. The quantitative estimate of drug-likeness (QED) is 0.387. The molecule has 0 saturated carbocycles. The first kappa shape index (κ1) is 23.7. The van der Waals surface area contributed by atoms with Gasteiger partial charge in [-0.3, -0.25) is 14.3 Å². The van der Waals surface area contributed by atoms with E-state index in [-0.39, 0.29) is 11.8 Å². The molecule has 0 aliphatic heterocycles. The third-order valence-corrected chi connectivity index (χ3v) is 5.67. The van der Waals surface area contributed by atoms with E-state index in [9.17, 15) is 9.59 Å². The standard InChI is InChI=1S/C29H28N4O2/c1-30-29(35)25-15-13-23(14-16-25)19-32(2)27(34)18-17-26-21-33(20-22-9-5-3-6-10-22)31-28(26)24-11-7-4-8-12-24/h3-18,21H,19-20H2,1-2H3,(H,30,35). The number of aromatic nitrogens is 2. The van der Waals surface area contributed by atoms with Crippen LogP contribution in [-0.2, 0) is 17.9 Å². The van der Waals surface area contributed by atoms with E-state index in [1.807, 2.05) is 77.6 Å². The molecule has 35 heavy (non-hydrogen) atoms. The lowest BCUT2D eigenvalue weighted by Crippen LogP contribution is -2.24. The molecule has 4 rings (SSSR count). The molecule has 1 N–H and O–H groups in total. The van der Waals surface area contributed by atoms with Crippen LogP contribution in [-0.4, -0.2) is 40.6 Å². The Morgan fingerprint density at radius 2 is 1.57 bits per heavy atom. The summed E-state index contributed by atoms with van der Waals surface area (Å²) >= 11 is 0. The minimum Gasteiger partial charge on any atom is -0.355 e. The van der Waals surface area contributed by atoms with Crippen molar-refractivity contribution in [1.29, 1.82) is 0 Å². The molecule has 0 atom stereocenters. The van der Waals surface area contributed by atoms with Crippen molar-refractivity contribution in [3.05, 3.63) is 119 Å². The molecule has 0 aliphatic rings. The molecule has 1 aromatic heterocycles. The van der Waals surface area contributed by atoms with Crippen molar-refractivity contribution in [3.8, 4) is 11.3 Å². The number of hydrogen-bond donors (Lipinski definition) is 1. The molecule has 6 heteroatoms. The topological polar surface area (TPSA) is 67.2 Å². The van der Waals surface area contributed by atoms with Crippen LogP contribution in [0.4, 0.5) is 0 Å². The maximum Gasteiger partial charge on any atom is 0.251 e. The highest BCUT2D eigenvalue weighted by Gasteiger charge is 2.12. The summed E-state index contributed by atoms with van der Waals surface area (Å²) in [6.07, 6.45) is 5.37. The molecule has 3 aromatic carbocycles. The third-order valence-electron chi connectivity index (χ3n) is 5.67. The second-order valence-corrected chi connectivity index (χ2v) is 8.29. The average Bonchev–Trinajstić information content (AvgIpc) is 3.30. The molecule has 0 radical (unpaired) electrons. The fraction of sp³-hybridized carbons (Fsp3) is 0.138. The van der Waals surface area contributed by atoms with Crippen LogP contribution in [0.3, 0.4) is 0 Å². The smallest absolute Gasteiger partial charge is 0.251 e. The van der Waals surface area contributed by atoms with Gasteiger partial charge >= 0.3 is 0 Å². The Bertz CT molecular complexity index is 1310. The van der Waals surface area contributed by atoms with E-state index < -0.39 is 0 Å². The van der Waals surface area contributed by atoms with Gasteiger partial charge in [-0.15, -0.1) is 0 Å². The minimum absolute atomic E-state index is 0.116. The number of benzene rings is 3. The first-order valence-electron chi connectivity index (χ1n) is 11.4. The van der Waals surface area contributed by atoms with Crippen molar-refractivity contribution in [2.24, 2.45) is 0 Å². The lowest BCUT2D eigenvalue weighted by molar-refractivity contribution is -0.125. The molecular formula is C29H28N4O2. The first-order chi connectivity index (χ1) is 17.0. The van der Waals surface area contributed by atoms with Crippen LogP contribution in [0.2, 0.25) is 0 Å². The van der Waals surface area contributed by atoms with Crippen molar-refractivity contribution in [1.82, 2.24) is 20.0 Å². The number of rotatable bonds is 8. The monoisotopic (exact) mass is 464 g/mol. The molecule has 0 bridgehead atoms. The van der Waals surface area contributed by atoms with Gasteiger partial charge in [0.25, 0.3) is 5.91 Å². The van der Waals surface area contributed by atoms with Crippen LogP contribution in [0, 0.1) is 0 Å². The average molecular weight is 465 g/mol. The zero-order valence-corrected chi connectivity index (χ0v) is 19.9. The van der Waals surface area contributed by atoms with Crippen LogP contribution in [0.25, 0.3) is 17.3 Å². The number of amides is 2. The molecule has 0 unspecified atom stereocenters. The van der Waals surface area contributed by atoms with Gasteiger partial charge in [-0.25, -0.2) is 0 Å². The van der Waals surface area contributed by atoms with E-state index >= 15 is 0 Å². The van der Waals surface area contributed by atoms with E-state index in [1.165, 1.54) is 0 Å². The number of carbonyl (C=O) groups is 2. The number of hydrogen-bond acceptors (Lipinski definition) is 3. The van der Waals surface area contributed by atoms with Gasteiger partial charge in [-0.1, -0.05) is 72.8 Å². The Hall–Kier alpha value is -4.45. The van der Waals surface area contributed by atoms with Crippen LogP contribution in [0.1, 0.15) is 27.0 Å². The summed E-state index contributed by atoms with van der Waals surface area (Å²) in [7, 11) is 3.36. The Morgan fingerprint density at radius 1 is 0.914 bits per heavy atom. The van der Waals surface area contributed by atoms with E-state index in [4.69, 9.17) is 5.10 Å². The SMILES string of the molecule is CNC(=O)c1ccc(CN(C)C(=O)C=Cc2cn(Cc3ccccc3)nc2-c2ccccc2)cc1. The predicted octanol–water partition coefficient (Wildman–Crippen LogP) is 4.63. The molecule has 176 valence electrons. The lowest BCUT2D eigenvalue weighted by Gasteiger charge is -2.15. The van der Waals surface area contributed by atoms with Gasteiger partial charge < -0.3 is 10.2 Å². The molecule has 4 aromatic rings. The van der Waals surface area contributed by atoms with Crippen molar-refractivity contribution in [3.63, 3.8) is 0 Å². The fourth-order valence-electron chi connectivity index (χ4n) is 3.78. The molecule has 2 amide bonds. The van der Waals surface area contributed by atoms with Gasteiger partial charge in [0.2, 0.25) is 5.91 Å². The van der Waals surface area contributed by atoms with Crippen molar-refractivity contribution >= 4 is 17.9 Å². The number of nitrogens with one attached hydrogen (secondary N) is 1. The molecule has 0 aliphatic carbocycles. The summed E-state index contributed by atoms with van der Waals surface area (Å²) in [5.74, 6) is -0.249.